The minimum atomic E-state index is -0.291. The van der Waals surface area contributed by atoms with E-state index in [-0.39, 0.29) is 30.7 Å². The summed E-state index contributed by atoms with van der Waals surface area (Å²) in [5.74, 6) is 0.363. The lowest BCUT2D eigenvalue weighted by molar-refractivity contribution is -0.122. The van der Waals surface area contributed by atoms with Crippen LogP contribution in [0.15, 0.2) is 41.0 Å². The fraction of sp³-hybridized carbons (Fsp3) is 0.200. The molecular formula is C15H17N3O4. The number of benzene rings is 1. The number of carbonyl (C=O) groups excluding carboxylic acids is 2. The van der Waals surface area contributed by atoms with E-state index in [1.807, 2.05) is 0 Å². The Morgan fingerprint density at radius 2 is 2.14 bits per heavy atom. The molecule has 0 aliphatic rings. The van der Waals surface area contributed by atoms with Crippen LogP contribution in [0.5, 0.6) is 5.75 Å². The molecule has 0 unspecified atom stereocenters. The average Bonchev–Trinajstić information content (AvgIpc) is 3.04. The summed E-state index contributed by atoms with van der Waals surface area (Å²) < 4.78 is 10.4. The first-order chi connectivity index (χ1) is 10.6. The molecule has 0 saturated heterocycles. The molecule has 0 radical (unpaired) electrons. The molecule has 2 aromatic rings. The molecular weight excluding hydrogens is 286 g/mol. The number of anilines is 1. The van der Waals surface area contributed by atoms with Crippen LogP contribution in [0.2, 0.25) is 0 Å². The number of nitrogens with two attached hydrogens (primary N) is 1. The van der Waals surface area contributed by atoms with Crippen LogP contribution in [0.25, 0.3) is 0 Å². The highest BCUT2D eigenvalue weighted by Crippen LogP contribution is 2.22. The van der Waals surface area contributed by atoms with Gasteiger partial charge in [0.1, 0.15) is 11.5 Å². The first kappa shape index (κ1) is 15.4. The Balaban J connectivity index is 2.01. The summed E-state index contributed by atoms with van der Waals surface area (Å²) in [6, 6.07) is 8.15. The topological polar surface area (TPSA) is 107 Å². The third-order valence-electron chi connectivity index (χ3n) is 2.92. The number of likely N-dealkylation sites (N-methyl/N-ethyl adjacent to an activating group) is 1. The Hall–Kier alpha value is -2.96. The number of amides is 2. The van der Waals surface area contributed by atoms with Crippen molar-refractivity contribution in [2.24, 2.45) is 0 Å². The summed E-state index contributed by atoms with van der Waals surface area (Å²) in [6.07, 6.45) is 1.54. The van der Waals surface area contributed by atoms with E-state index in [2.05, 4.69) is 10.6 Å². The van der Waals surface area contributed by atoms with E-state index in [4.69, 9.17) is 14.9 Å². The van der Waals surface area contributed by atoms with Crippen molar-refractivity contribution >= 4 is 17.5 Å². The molecule has 2 rings (SSSR count). The van der Waals surface area contributed by atoms with Crippen molar-refractivity contribution in [2.45, 2.75) is 6.54 Å². The first-order valence-electron chi connectivity index (χ1n) is 6.63. The standard InChI is InChI=1S/C15H17N3O4/c1-17-14(19)9-22-13-7-10(4-5-12(13)16)15(20)18-8-11-3-2-6-21-11/h2-7H,8-9,16H2,1H3,(H,17,19)(H,18,20). The Morgan fingerprint density at radius 1 is 1.32 bits per heavy atom. The average molecular weight is 303 g/mol. The Bertz CT molecular complexity index is 653. The summed E-state index contributed by atoms with van der Waals surface area (Å²) in [7, 11) is 1.51. The first-order valence-corrected chi connectivity index (χ1v) is 6.63. The molecule has 0 saturated carbocycles. The highest BCUT2D eigenvalue weighted by atomic mass is 16.5. The number of furan rings is 1. The van der Waals surface area contributed by atoms with Gasteiger partial charge in [0.15, 0.2) is 6.61 Å². The van der Waals surface area contributed by atoms with Crippen molar-refractivity contribution in [2.75, 3.05) is 19.4 Å². The van der Waals surface area contributed by atoms with E-state index in [0.29, 0.717) is 17.0 Å². The second-order valence-electron chi connectivity index (χ2n) is 4.48. The van der Waals surface area contributed by atoms with Crippen molar-refractivity contribution in [3.63, 3.8) is 0 Å². The molecule has 7 nitrogen and oxygen atoms in total. The summed E-state index contributed by atoms with van der Waals surface area (Å²) in [5, 5.41) is 5.15. The predicted octanol–water partition coefficient (Wildman–Crippen LogP) is 0.917. The van der Waals surface area contributed by atoms with E-state index in [0.717, 1.165) is 0 Å². The van der Waals surface area contributed by atoms with Gasteiger partial charge >= 0.3 is 0 Å². The van der Waals surface area contributed by atoms with Crippen LogP contribution in [0.4, 0.5) is 5.69 Å². The minimum absolute atomic E-state index is 0.168. The molecule has 116 valence electrons. The van der Waals surface area contributed by atoms with Gasteiger partial charge in [-0.2, -0.15) is 0 Å². The van der Waals surface area contributed by atoms with E-state index < -0.39 is 0 Å². The van der Waals surface area contributed by atoms with Crippen LogP contribution < -0.4 is 21.1 Å². The fourth-order valence-electron chi connectivity index (χ4n) is 1.70. The Labute approximate surface area is 127 Å². The normalized spacial score (nSPS) is 10.0. The number of hydrogen-bond acceptors (Lipinski definition) is 5. The van der Waals surface area contributed by atoms with Gasteiger partial charge < -0.3 is 25.5 Å². The molecule has 0 atom stereocenters. The molecule has 4 N–H and O–H groups in total. The minimum Gasteiger partial charge on any atom is -0.482 e. The van der Waals surface area contributed by atoms with Gasteiger partial charge in [0, 0.05) is 12.6 Å². The monoisotopic (exact) mass is 303 g/mol. The predicted molar refractivity (Wildman–Crippen MR) is 80.3 cm³/mol. The molecule has 0 spiro atoms. The van der Waals surface area contributed by atoms with Crippen molar-refractivity contribution in [3.8, 4) is 5.75 Å². The van der Waals surface area contributed by atoms with E-state index >= 15 is 0 Å². The van der Waals surface area contributed by atoms with E-state index in [1.165, 1.54) is 19.4 Å². The van der Waals surface area contributed by atoms with Crippen LogP contribution >= 0.6 is 0 Å². The summed E-state index contributed by atoms with van der Waals surface area (Å²) in [5.41, 5.74) is 6.50. The molecule has 1 heterocycles. The van der Waals surface area contributed by atoms with Gasteiger partial charge in [0.25, 0.3) is 11.8 Å². The molecule has 7 heteroatoms. The molecule has 0 aliphatic heterocycles. The van der Waals surface area contributed by atoms with E-state index in [1.54, 1.807) is 24.3 Å². The lowest BCUT2D eigenvalue weighted by Gasteiger charge is -2.10. The molecule has 22 heavy (non-hydrogen) atoms. The Kier molecular flexibility index (Phi) is 5.02. The quantitative estimate of drug-likeness (QED) is 0.688. The van der Waals surface area contributed by atoms with Crippen molar-refractivity contribution < 1.29 is 18.7 Å². The molecule has 1 aromatic heterocycles. The Morgan fingerprint density at radius 3 is 2.82 bits per heavy atom. The number of rotatable bonds is 6. The lowest BCUT2D eigenvalue weighted by atomic mass is 10.1. The van der Waals surface area contributed by atoms with Gasteiger partial charge in [-0.3, -0.25) is 9.59 Å². The lowest BCUT2D eigenvalue weighted by Crippen LogP contribution is -2.25. The second kappa shape index (κ2) is 7.16. The zero-order valence-corrected chi connectivity index (χ0v) is 12.1. The number of carbonyl (C=O) groups is 2. The number of ether oxygens (including phenoxy) is 1. The van der Waals surface area contributed by atoms with Gasteiger partial charge in [-0.1, -0.05) is 0 Å². The molecule has 0 bridgehead atoms. The summed E-state index contributed by atoms with van der Waals surface area (Å²) >= 11 is 0. The van der Waals surface area contributed by atoms with Crippen LogP contribution in [-0.4, -0.2) is 25.5 Å². The second-order valence-corrected chi connectivity index (χ2v) is 4.48. The zero-order chi connectivity index (χ0) is 15.9. The number of nitrogens with one attached hydrogen (secondary N) is 2. The molecule has 0 aliphatic carbocycles. The maximum absolute atomic E-state index is 12.1. The van der Waals surface area contributed by atoms with Crippen molar-refractivity contribution in [1.82, 2.24) is 10.6 Å². The summed E-state index contributed by atoms with van der Waals surface area (Å²) in [4.78, 5) is 23.3. The SMILES string of the molecule is CNC(=O)COc1cc(C(=O)NCc2ccco2)ccc1N. The number of hydrogen-bond donors (Lipinski definition) is 3. The largest absolute Gasteiger partial charge is 0.482 e. The molecule has 2 amide bonds. The van der Waals surface area contributed by atoms with Gasteiger partial charge in [-0.15, -0.1) is 0 Å². The molecule has 0 fully saturated rings. The maximum atomic E-state index is 12.1. The van der Waals surface area contributed by atoms with Gasteiger partial charge in [-0.25, -0.2) is 0 Å². The van der Waals surface area contributed by atoms with Crippen LogP contribution in [0.1, 0.15) is 16.1 Å². The number of nitrogen functional groups attached to an aromatic ring is 1. The third kappa shape index (κ3) is 4.02. The van der Waals surface area contributed by atoms with Crippen LogP contribution in [-0.2, 0) is 11.3 Å². The van der Waals surface area contributed by atoms with Gasteiger partial charge in [0.2, 0.25) is 0 Å². The van der Waals surface area contributed by atoms with Gasteiger partial charge in [-0.05, 0) is 30.3 Å². The zero-order valence-electron chi connectivity index (χ0n) is 12.1. The molecule has 1 aromatic carbocycles. The van der Waals surface area contributed by atoms with Crippen LogP contribution in [0.3, 0.4) is 0 Å². The highest BCUT2D eigenvalue weighted by molar-refractivity contribution is 5.95. The highest BCUT2D eigenvalue weighted by Gasteiger charge is 2.11. The van der Waals surface area contributed by atoms with Gasteiger partial charge in [0.05, 0.1) is 18.5 Å². The third-order valence-corrected chi connectivity index (χ3v) is 2.92. The fourth-order valence-corrected chi connectivity index (χ4v) is 1.70. The van der Waals surface area contributed by atoms with Crippen LogP contribution in [0, 0.1) is 0 Å². The van der Waals surface area contributed by atoms with Crippen molar-refractivity contribution in [3.05, 3.63) is 47.9 Å². The van der Waals surface area contributed by atoms with Crippen molar-refractivity contribution in [1.29, 1.82) is 0 Å². The summed E-state index contributed by atoms with van der Waals surface area (Å²) in [6.45, 7) is 0.114. The van der Waals surface area contributed by atoms with E-state index in [9.17, 15) is 9.59 Å². The maximum Gasteiger partial charge on any atom is 0.257 e. The smallest absolute Gasteiger partial charge is 0.257 e.